The number of halogens is 2. The maximum atomic E-state index is 12.8. The van der Waals surface area contributed by atoms with Gasteiger partial charge in [0, 0.05) is 16.4 Å². The predicted octanol–water partition coefficient (Wildman–Crippen LogP) is 6.31. The van der Waals surface area contributed by atoms with E-state index in [-0.39, 0.29) is 32.7 Å². The number of nitrogens with one attached hydrogen (secondary N) is 2. The third-order valence-corrected chi connectivity index (χ3v) is 6.59. The molecule has 3 rings (SSSR count). The molecule has 3 N–H and O–H groups in total. The van der Waals surface area contributed by atoms with Gasteiger partial charge in [-0.1, -0.05) is 23.2 Å². The monoisotopic (exact) mass is 534 g/mol. The number of hydrogen-bond donors (Lipinski definition) is 3. The number of nitrogens with zero attached hydrogens (tertiary/aromatic N) is 2. The van der Waals surface area contributed by atoms with Crippen molar-refractivity contribution in [3.05, 3.63) is 88.2 Å². The first-order valence-electron chi connectivity index (χ1n) is 9.94. The summed E-state index contributed by atoms with van der Waals surface area (Å²) in [6.07, 6.45) is 0. The quantitative estimate of drug-likeness (QED) is 0.177. The molecule has 9 nitrogen and oxygen atoms in total. The van der Waals surface area contributed by atoms with E-state index >= 15 is 0 Å². The standard InChI is InChI=1S/C23H20Cl2N4O5S/c1-14(30)22(23(31)26-16-7-10-19(34-2)11-8-16)28-27-18-9-12-20(25)21(13-18)35(32,33)29-17-5-3-15(24)4-6-17/h3-13,29-30H,1-2H3,(H,26,31). The zero-order chi connectivity index (χ0) is 25.6. The lowest BCUT2D eigenvalue weighted by molar-refractivity contribution is -0.113. The number of rotatable bonds is 8. The van der Waals surface area contributed by atoms with Crippen LogP contribution in [-0.2, 0) is 14.8 Å². The predicted molar refractivity (Wildman–Crippen MR) is 135 cm³/mol. The first-order chi connectivity index (χ1) is 16.6. The van der Waals surface area contributed by atoms with Gasteiger partial charge < -0.3 is 15.2 Å². The summed E-state index contributed by atoms with van der Waals surface area (Å²) in [4.78, 5) is 12.3. The molecule has 0 aromatic heterocycles. The second-order valence-corrected chi connectivity index (χ2v) is 9.54. The number of carbonyl (C=O) groups is 1. The molecule has 3 aromatic rings. The van der Waals surface area contributed by atoms with E-state index in [0.717, 1.165) is 0 Å². The highest BCUT2D eigenvalue weighted by Gasteiger charge is 2.19. The first kappa shape index (κ1) is 26.0. The van der Waals surface area contributed by atoms with E-state index in [1.54, 1.807) is 24.3 Å². The lowest BCUT2D eigenvalue weighted by Gasteiger charge is -2.10. The highest BCUT2D eigenvalue weighted by Crippen LogP contribution is 2.29. The Bertz CT molecular complexity index is 1390. The SMILES string of the molecule is COc1ccc(NC(=O)C(N=Nc2ccc(Cl)c(S(=O)(=O)Nc3ccc(Cl)cc3)c2)=C(C)O)cc1. The highest BCUT2D eigenvalue weighted by molar-refractivity contribution is 7.92. The molecule has 0 fully saturated rings. The van der Waals surface area contributed by atoms with E-state index in [1.807, 2.05) is 0 Å². The van der Waals surface area contributed by atoms with Crippen LogP contribution in [0, 0.1) is 0 Å². The van der Waals surface area contributed by atoms with Gasteiger partial charge in [0.2, 0.25) is 0 Å². The molecule has 0 heterocycles. The average Bonchev–Trinajstić information content (AvgIpc) is 2.81. The summed E-state index contributed by atoms with van der Waals surface area (Å²) in [6, 6.07) is 16.5. The Kier molecular flexibility index (Phi) is 8.34. The largest absolute Gasteiger partial charge is 0.510 e. The molecule has 0 aliphatic heterocycles. The fraction of sp³-hybridized carbons (Fsp3) is 0.0870. The zero-order valence-corrected chi connectivity index (χ0v) is 20.8. The van der Waals surface area contributed by atoms with Gasteiger partial charge in [-0.15, -0.1) is 5.11 Å². The number of amides is 1. The molecule has 0 radical (unpaired) electrons. The number of hydrogen-bond acceptors (Lipinski definition) is 7. The second-order valence-electron chi connectivity index (χ2n) is 7.04. The summed E-state index contributed by atoms with van der Waals surface area (Å²) in [6.45, 7) is 1.27. The van der Waals surface area contributed by atoms with Gasteiger partial charge in [0.05, 0.1) is 17.8 Å². The number of aliphatic hydroxyl groups excluding tert-OH is 1. The van der Waals surface area contributed by atoms with Gasteiger partial charge in [-0.2, -0.15) is 5.11 Å². The van der Waals surface area contributed by atoms with Gasteiger partial charge in [-0.05, 0) is 73.7 Å². The molecule has 0 atom stereocenters. The van der Waals surface area contributed by atoms with Gasteiger partial charge in [0.15, 0.2) is 5.70 Å². The van der Waals surface area contributed by atoms with Crippen molar-refractivity contribution in [2.75, 3.05) is 17.1 Å². The molecule has 12 heteroatoms. The third-order valence-electron chi connectivity index (χ3n) is 4.47. The Morgan fingerprint density at radius 2 is 1.60 bits per heavy atom. The number of ether oxygens (including phenoxy) is 1. The summed E-state index contributed by atoms with van der Waals surface area (Å²) in [5.74, 6) is -0.494. The fourth-order valence-corrected chi connectivity index (χ4v) is 4.45. The van der Waals surface area contributed by atoms with Gasteiger partial charge in [-0.25, -0.2) is 8.42 Å². The lowest BCUT2D eigenvalue weighted by Crippen LogP contribution is -2.14. The number of azo groups is 1. The van der Waals surface area contributed by atoms with E-state index in [9.17, 15) is 18.3 Å². The Hall–Kier alpha value is -3.60. The number of carbonyl (C=O) groups excluding carboxylic acids is 1. The molecular formula is C23H20Cl2N4O5S. The molecule has 0 aliphatic carbocycles. The fourth-order valence-electron chi connectivity index (χ4n) is 2.74. The zero-order valence-electron chi connectivity index (χ0n) is 18.5. The Morgan fingerprint density at radius 3 is 2.20 bits per heavy atom. The van der Waals surface area contributed by atoms with Crippen LogP contribution in [0.15, 0.2) is 93.3 Å². The molecular weight excluding hydrogens is 515 g/mol. The van der Waals surface area contributed by atoms with Crippen LogP contribution in [-0.4, -0.2) is 26.5 Å². The summed E-state index contributed by atoms with van der Waals surface area (Å²) in [5, 5.41) is 20.7. The topological polar surface area (TPSA) is 129 Å². The van der Waals surface area contributed by atoms with Gasteiger partial charge >= 0.3 is 0 Å². The third kappa shape index (κ3) is 6.95. The Balaban J connectivity index is 1.82. The normalized spacial score (nSPS) is 12.2. The van der Waals surface area contributed by atoms with Crippen LogP contribution in [0.25, 0.3) is 0 Å². The summed E-state index contributed by atoms with van der Waals surface area (Å²) in [7, 11) is -2.56. The maximum absolute atomic E-state index is 12.8. The maximum Gasteiger partial charge on any atom is 0.279 e. The number of anilines is 2. The van der Waals surface area contributed by atoms with Crippen LogP contribution >= 0.6 is 23.2 Å². The number of methoxy groups -OCH3 is 1. The lowest BCUT2D eigenvalue weighted by atomic mass is 10.3. The van der Waals surface area contributed by atoms with E-state index in [2.05, 4.69) is 20.3 Å². The minimum atomic E-state index is -4.07. The minimum Gasteiger partial charge on any atom is -0.510 e. The van der Waals surface area contributed by atoms with Crippen molar-refractivity contribution in [2.24, 2.45) is 10.2 Å². The van der Waals surface area contributed by atoms with E-state index in [4.69, 9.17) is 27.9 Å². The van der Waals surface area contributed by atoms with Crippen molar-refractivity contribution in [1.29, 1.82) is 0 Å². The first-order valence-corrected chi connectivity index (χ1v) is 12.2. The molecule has 0 aliphatic rings. The molecule has 1 amide bonds. The van der Waals surface area contributed by atoms with Gasteiger partial charge in [0.25, 0.3) is 15.9 Å². The van der Waals surface area contributed by atoms with Crippen molar-refractivity contribution >= 4 is 56.2 Å². The van der Waals surface area contributed by atoms with Crippen molar-refractivity contribution in [2.45, 2.75) is 11.8 Å². The molecule has 0 unspecified atom stereocenters. The molecule has 0 saturated heterocycles. The summed E-state index contributed by atoms with van der Waals surface area (Å²) in [5.41, 5.74) is 0.452. The van der Waals surface area contributed by atoms with Crippen LogP contribution in [0.3, 0.4) is 0 Å². The summed E-state index contributed by atoms with van der Waals surface area (Å²) >= 11 is 11.9. The minimum absolute atomic E-state index is 0.0447. The number of sulfonamides is 1. The average molecular weight is 535 g/mol. The van der Waals surface area contributed by atoms with Crippen LogP contribution in [0.5, 0.6) is 5.75 Å². The number of benzene rings is 3. The van der Waals surface area contributed by atoms with Crippen molar-refractivity contribution in [1.82, 2.24) is 0 Å². The van der Waals surface area contributed by atoms with Crippen molar-refractivity contribution in [3.8, 4) is 5.75 Å². The number of allylic oxidation sites excluding steroid dienone is 1. The molecule has 0 saturated carbocycles. The Labute approximate surface area is 212 Å². The molecule has 182 valence electrons. The van der Waals surface area contributed by atoms with E-state index in [1.165, 1.54) is 56.5 Å². The molecule has 0 spiro atoms. The van der Waals surface area contributed by atoms with Crippen LogP contribution in [0.4, 0.5) is 17.1 Å². The van der Waals surface area contributed by atoms with Gasteiger partial charge in [-0.3, -0.25) is 9.52 Å². The second kappa shape index (κ2) is 11.2. The molecule has 0 bridgehead atoms. The van der Waals surface area contributed by atoms with Crippen LogP contribution in [0.1, 0.15) is 6.92 Å². The van der Waals surface area contributed by atoms with E-state index in [0.29, 0.717) is 16.5 Å². The number of aliphatic hydroxyl groups is 1. The molecule has 3 aromatic carbocycles. The van der Waals surface area contributed by atoms with Crippen LogP contribution in [0.2, 0.25) is 10.0 Å². The van der Waals surface area contributed by atoms with E-state index < -0.39 is 15.9 Å². The molecule has 35 heavy (non-hydrogen) atoms. The van der Waals surface area contributed by atoms with Crippen LogP contribution < -0.4 is 14.8 Å². The van der Waals surface area contributed by atoms with Crippen molar-refractivity contribution in [3.63, 3.8) is 0 Å². The van der Waals surface area contributed by atoms with Crippen molar-refractivity contribution < 1.29 is 23.1 Å². The Morgan fingerprint density at radius 1 is 0.971 bits per heavy atom. The van der Waals surface area contributed by atoms with Gasteiger partial charge in [0.1, 0.15) is 16.4 Å². The smallest absolute Gasteiger partial charge is 0.279 e. The summed E-state index contributed by atoms with van der Waals surface area (Å²) < 4.78 is 33.2. The highest BCUT2D eigenvalue weighted by atomic mass is 35.5.